The summed E-state index contributed by atoms with van der Waals surface area (Å²) in [5.41, 5.74) is 1.54. The van der Waals surface area contributed by atoms with E-state index in [4.69, 9.17) is 5.11 Å². The monoisotopic (exact) mass is 254 g/mol. The van der Waals surface area contributed by atoms with Crippen molar-refractivity contribution in [2.75, 3.05) is 5.75 Å². The molecular weight excluding hydrogens is 243 g/mol. The minimum absolute atomic E-state index is 0.205. The van der Waals surface area contributed by atoms with Crippen LogP contribution < -0.4 is 0 Å². The number of halogens is 1. The summed E-state index contributed by atoms with van der Waals surface area (Å²) in [6.45, 7) is 1.48. The number of alkyl halides is 1. The van der Waals surface area contributed by atoms with Gasteiger partial charge in [0.25, 0.3) is 0 Å². The van der Waals surface area contributed by atoms with Gasteiger partial charge in [-0.25, -0.2) is 14.2 Å². The molecule has 0 aliphatic heterocycles. The molecule has 90 valence electrons. The van der Waals surface area contributed by atoms with Gasteiger partial charge < -0.3 is 10.1 Å². The maximum Gasteiger partial charge on any atom is 0.335 e. The first-order valence-electron chi connectivity index (χ1n) is 5.06. The molecule has 0 radical (unpaired) electrons. The summed E-state index contributed by atoms with van der Waals surface area (Å²) in [7, 11) is 0. The van der Waals surface area contributed by atoms with Gasteiger partial charge in [-0.05, 0) is 25.1 Å². The molecule has 6 heteroatoms. The Morgan fingerprint density at radius 2 is 2.41 bits per heavy atom. The highest BCUT2D eigenvalue weighted by Crippen LogP contribution is 2.21. The highest BCUT2D eigenvalue weighted by atomic mass is 32.2. The van der Waals surface area contributed by atoms with E-state index >= 15 is 0 Å². The topological polar surface area (TPSA) is 66.0 Å². The van der Waals surface area contributed by atoms with Crippen LogP contribution in [0.15, 0.2) is 23.4 Å². The second kappa shape index (κ2) is 4.75. The summed E-state index contributed by atoms with van der Waals surface area (Å²) < 4.78 is 12.7. The minimum Gasteiger partial charge on any atom is -0.478 e. The smallest absolute Gasteiger partial charge is 0.335 e. The maximum atomic E-state index is 12.7. The van der Waals surface area contributed by atoms with E-state index in [1.54, 1.807) is 6.07 Å². The fraction of sp³-hybridized carbons (Fsp3) is 0.273. The second-order valence-corrected chi connectivity index (χ2v) is 4.68. The molecule has 1 aromatic heterocycles. The average molecular weight is 254 g/mol. The molecule has 2 N–H and O–H groups in total. The molecule has 0 fully saturated rings. The summed E-state index contributed by atoms with van der Waals surface area (Å²) >= 11 is 1.28. The number of aromatic carboxylic acids is 1. The Kier molecular flexibility index (Phi) is 3.33. The first-order chi connectivity index (χ1) is 8.06. The summed E-state index contributed by atoms with van der Waals surface area (Å²) in [6.07, 6.45) is -0.900. The molecule has 1 atom stereocenters. The number of thioether (sulfide) groups is 1. The van der Waals surface area contributed by atoms with E-state index < -0.39 is 12.1 Å². The molecule has 4 nitrogen and oxygen atoms in total. The van der Waals surface area contributed by atoms with Crippen LogP contribution in [0.4, 0.5) is 4.39 Å². The normalized spacial score (nSPS) is 12.8. The number of carboxylic acids is 1. The number of rotatable bonds is 4. The van der Waals surface area contributed by atoms with E-state index in [0.717, 1.165) is 0 Å². The Hall–Kier alpha value is -1.56. The van der Waals surface area contributed by atoms with E-state index in [1.165, 1.54) is 30.8 Å². The number of benzene rings is 1. The molecule has 0 saturated carbocycles. The zero-order valence-corrected chi connectivity index (χ0v) is 9.92. The summed E-state index contributed by atoms with van der Waals surface area (Å²) in [4.78, 5) is 18.0. The van der Waals surface area contributed by atoms with Crippen molar-refractivity contribution in [1.82, 2.24) is 9.97 Å². The molecule has 2 aromatic rings. The highest BCUT2D eigenvalue weighted by molar-refractivity contribution is 7.99. The van der Waals surface area contributed by atoms with Crippen molar-refractivity contribution in [1.29, 1.82) is 0 Å². The average Bonchev–Trinajstić information content (AvgIpc) is 2.67. The second-order valence-electron chi connectivity index (χ2n) is 3.67. The molecule has 0 aliphatic carbocycles. The van der Waals surface area contributed by atoms with Crippen molar-refractivity contribution >= 4 is 28.8 Å². The standard InChI is InChI=1S/C11H11FN2O2S/c1-6(12)5-17-11-13-8-3-2-7(10(15)16)4-9(8)14-11/h2-4,6H,5H2,1H3,(H,13,14)(H,15,16). The molecule has 2 rings (SSSR count). The lowest BCUT2D eigenvalue weighted by Crippen LogP contribution is -1.95. The largest absolute Gasteiger partial charge is 0.478 e. The van der Waals surface area contributed by atoms with Crippen molar-refractivity contribution < 1.29 is 14.3 Å². The number of nitrogens with zero attached hydrogens (tertiary/aromatic N) is 1. The minimum atomic E-state index is -0.979. The van der Waals surface area contributed by atoms with E-state index in [1.807, 2.05) is 0 Å². The Morgan fingerprint density at radius 1 is 1.65 bits per heavy atom. The lowest BCUT2D eigenvalue weighted by Gasteiger charge is -1.96. The molecule has 0 spiro atoms. The van der Waals surface area contributed by atoms with Crippen LogP contribution in [0.25, 0.3) is 11.0 Å². The number of carboxylic acid groups (broad SMARTS) is 1. The van der Waals surface area contributed by atoms with E-state index in [2.05, 4.69) is 9.97 Å². The molecule has 0 aliphatic rings. The number of aromatic amines is 1. The number of carbonyl (C=O) groups is 1. The molecule has 1 heterocycles. The fourth-order valence-electron chi connectivity index (χ4n) is 1.38. The third-order valence-electron chi connectivity index (χ3n) is 2.16. The Balaban J connectivity index is 2.27. The SMILES string of the molecule is CC(F)CSc1nc2ccc(C(=O)O)cc2[nH]1. The van der Waals surface area contributed by atoms with Gasteiger partial charge in [-0.3, -0.25) is 0 Å². The quantitative estimate of drug-likeness (QED) is 0.823. The van der Waals surface area contributed by atoms with Crippen LogP contribution in [-0.2, 0) is 0 Å². The van der Waals surface area contributed by atoms with Gasteiger partial charge in [0.2, 0.25) is 0 Å². The van der Waals surface area contributed by atoms with Crippen LogP contribution in [0, 0.1) is 0 Å². The number of fused-ring (bicyclic) bond motifs is 1. The van der Waals surface area contributed by atoms with Gasteiger partial charge in [-0.2, -0.15) is 0 Å². The van der Waals surface area contributed by atoms with Crippen LogP contribution in [0.5, 0.6) is 0 Å². The number of imidazole rings is 1. The Labute approximate surface area is 101 Å². The molecule has 0 saturated heterocycles. The fourth-order valence-corrected chi connectivity index (χ4v) is 2.11. The van der Waals surface area contributed by atoms with Gasteiger partial charge in [0.15, 0.2) is 5.16 Å². The third-order valence-corrected chi connectivity index (χ3v) is 3.25. The highest BCUT2D eigenvalue weighted by Gasteiger charge is 2.08. The number of H-pyrrole nitrogens is 1. The molecule has 17 heavy (non-hydrogen) atoms. The molecular formula is C11H11FN2O2S. The van der Waals surface area contributed by atoms with E-state index in [0.29, 0.717) is 21.9 Å². The molecule has 0 amide bonds. The first-order valence-corrected chi connectivity index (χ1v) is 6.05. The van der Waals surface area contributed by atoms with E-state index in [9.17, 15) is 9.18 Å². The zero-order chi connectivity index (χ0) is 12.4. The van der Waals surface area contributed by atoms with Crippen LogP contribution in [0.1, 0.15) is 17.3 Å². The molecule has 1 unspecified atom stereocenters. The first kappa shape index (κ1) is 11.9. The lowest BCUT2D eigenvalue weighted by molar-refractivity contribution is 0.0697. The zero-order valence-electron chi connectivity index (χ0n) is 9.11. The summed E-state index contributed by atoms with van der Waals surface area (Å²) in [5, 5.41) is 9.44. The van der Waals surface area contributed by atoms with Crippen molar-refractivity contribution in [2.24, 2.45) is 0 Å². The number of hydrogen-bond acceptors (Lipinski definition) is 3. The Morgan fingerprint density at radius 3 is 3.06 bits per heavy atom. The number of hydrogen-bond donors (Lipinski definition) is 2. The van der Waals surface area contributed by atoms with Gasteiger partial charge >= 0.3 is 5.97 Å². The summed E-state index contributed by atoms with van der Waals surface area (Å²) in [5.74, 6) is -0.654. The van der Waals surface area contributed by atoms with Crippen LogP contribution in [-0.4, -0.2) is 33.0 Å². The van der Waals surface area contributed by atoms with Crippen LogP contribution >= 0.6 is 11.8 Å². The van der Waals surface area contributed by atoms with Gasteiger partial charge in [-0.15, -0.1) is 0 Å². The van der Waals surface area contributed by atoms with Crippen LogP contribution in [0.2, 0.25) is 0 Å². The van der Waals surface area contributed by atoms with E-state index in [-0.39, 0.29) is 5.56 Å². The molecule has 1 aromatic carbocycles. The summed E-state index contributed by atoms with van der Waals surface area (Å²) in [6, 6.07) is 4.66. The van der Waals surface area contributed by atoms with Crippen molar-refractivity contribution in [3.63, 3.8) is 0 Å². The maximum absolute atomic E-state index is 12.7. The van der Waals surface area contributed by atoms with Crippen molar-refractivity contribution in [3.8, 4) is 0 Å². The van der Waals surface area contributed by atoms with Gasteiger partial charge in [0.1, 0.15) is 6.17 Å². The number of aromatic nitrogens is 2. The van der Waals surface area contributed by atoms with Gasteiger partial charge in [0.05, 0.1) is 16.6 Å². The predicted octanol–water partition coefficient (Wildman–Crippen LogP) is 2.71. The Bertz CT molecular complexity index is 553. The lowest BCUT2D eigenvalue weighted by atomic mass is 10.2. The van der Waals surface area contributed by atoms with Gasteiger partial charge in [0, 0.05) is 5.75 Å². The van der Waals surface area contributed by atoms with Crippen molar-refractivity contribution in [3.05, 3.63) is 23.8 Å². The molecule has 0 bridgehead atoms. The van der Waals surface area contributed by atoms with Crippen molar-refractivity contribution in [2.45, 2.75) is 18.3 Å². The number of nitrogens with one attached hydrogen (secondary N) is 1. The predicted molar refractivity (Wildman–Crippen MR) is 64.3 cm³/mol. The van der Waals surface area contributed by atoms with Crippen LogP contribution in [0.3, 0.4) is 0 Å². The third kappa shape index (κ3) is 2.76. The van der Waals surface area contributed by atoms with Gasteiger partial charge in [-0.1, -0.05) is 11.8 Å².